The summed E-state index contributed by atoms with van der Waals surface area (Å²) in [5.41, 5.74) is 1.97. The van der Waals surface area contributed by atoms with E-state index in [4.69, 9.17) is 9.47 Å². The number of carbonyl (C=O) groups excluding carboxylic acids is 3. The molecule has 0 spiro atoms. The summed E-state index contributed by atoms with van der Waals surface area (Å²) in [6.45, 7) is 5.90. The van der Waals surface area contributed by atoms with Crippen LogP contribution in [-0.4, -0.2) is 81.7 Å². The van der Waals surface area contributed by atoms with E-state index in [9.17, 15) is 14.4 Å². The summed E-state index contributed by atoms with van der Waals surface area (Å²) in [4.78, 5) is 46.1. The predicted octanol–water partition coefficient (Wildman–Crippen LogP) is 4.80. The maximum Gasteiger partial charge on any atom is 0.260 e. The Labute approximate surface area is 243 Å². The van der Waals surface area contributed by atoms with Gasteiger partial charge < -0.3 is 24.2 Å². The van der Waals surface area contributed by atoms with E-state index < -0.39 is 0 Å². The molecule has 0 radical (unpaired) electrons. The monoisotopic (exact) mass is 580 g/mol. The van der Waals surface area contributed by atoms with Gasteiger partial charge in [-0.15, -0.1) is 24.8 Å². The number of unbranched alkanes of at least 4 members (excludes halogenated alkanes) is 2. The number of halogens is 2. The van der Waals surface area contributed by atoms with Crippen LogP contribution in [0.25, 0.3) is 0 Å². The average Bonchev–Trinajstić information content (AvgIpc) is 2.90. The first-order chi connectivity index (χ1) is 17.8. The number of aliphatic imine (C=N–C) groups is 1. The number of amides is 2. The fourth-order valence-corrected chi connectivity index (χ4v) is 4.28. The number of likely N-dealkylation sites (N-methyl/N-ethyl adjacent to an activating group) is 1. The first-order valence-electron chi connectivity index (χ1n) is 12.6. The topological polar surface area (TPSA) is 91.8 Å². The number of benzene rings is 2. The first kappa shape index (κ1) is 33.9. The molecule has 3 rings (SSSR count). The van der Waals surface area contributed by atoms with Crippen LogP contribution in [0.4, 0.5) is 11.4 Å². The van der Waals surface area contributed by atoms with Crippen LogP contribution in [-0.2, 0) is 9.59 Å². The lowest BCUT2D eigenvalue weighted by atomic mass is 10.1. The van der Waals surface area contributed by atoms with E-state index in [2.05, 4.69) is 16.9 Å². The highest BCUT2D eigenvalue weighted by Crippen LogP contribution is 2.35. The highest BCUT2D eigenvalue weighted by molar-refractivity contribution is 6.10. The fourth-order valence-electron chi connectivity index (χ4n) is 4.28. The molecule has 0 unspecified atom stereocenters. The Kier molecular flexibility index (Phi) is 14.6. The lowest BCUT2D eigenvalue weighted by Gasteiger charge is -2.32. The zero-order valence-corrected chi connectivity index (χ0v) is 24.6. The van der Waals surface area contributed by atoms with E-state index >= 15 is 0 Å². The van der Waals surface area contributed by atoms with Crippen molar-refractivity contribution in [3.8, 4) is 11.5 Å². The highest BCUT2D eigenvalue weighted by atomic mass is 35.5. The van der Waals surface area contributed by atoms with Crippen LogP contribution in [0.2, 0.25) is 0 Å². The minimum absolute atomic E-state index is 0. The van der Waals surface area contributed by atoms with E-state index in [1.54, 1.807) is 25.2 Å². The molecule has 0 aliphatic carbocycles. The van der Waals surface area contributed by atoms with Gasteiger partial charge in [-0.05, 0) is 63.1 Å². The second kappa shape index (κ2) is 16.8. The normalized spacial score (nSPS) is 12.9. The first-order valence-corrected chi connectivity index (χ1v) is 12.6. The van der Waals surface area contributed by atoms with Gasteiger partial charge in [-0.3, -0.25) is 9.59 Å². The van der Waals surface area contributed by atoms with Gasteiger partial charge in [0.1, 0.15) is 17.2 Å². The van der Waals surface area contributed by atoms with Gasteiger partial charge in [0.05, 0.1) is 25.0 Å². The van der Waals surface area contributed by atoms with Gasteiger partial charge in [0.15, 0.2) is 0 Å². The van der Waals surface area contributed by atoms with Crippen molar-refractivity contribution >= 4 is 54.1 Å². The van der Waals surface area contributed by atoms with Crippen molar-refractivity contribution in [3.05, 3.63) is 47.5 Å². The minimum atomic E-state index is -0.357. The van der Waals surface area contributed by atoms with E-state index in [0.717, 1.165) is 51.0 Å². The number of hydrogen-bond acceptors (Lipinski definition) is 7. The third-order valence-corrected chi connectivity index (χ3v) is 6.54. The summed E-state index contributed by atoms with van der Waals surface area (Å²) in [6, 6.07) is 10.5. The van der Waals surface area contributed by atoms with Gasteiger partial charge in [0.2, 0.25) is 12.0 Å². The largest absolute Gasteiger partial charge is 0.494 e. The number of ether oxygens (including phenoxy) is 2. The van der Waals surface area contributed by atoms with Gasteiger partial charge in [0.25, 0.3) is 5.91 Å². The molecule has 0 atom stereocenters. The van der Waals surface area contributed by atoms with Gasteiger partial charge >= 0.3 is 0 Å². The third kappa shape index (κ3) is 9.25. The molecule has 1 saturated heterocycles. The van der Waals surface area contributed by atoms with Crippen LogP contribution in [0.5, 0.6) is 11.5 Å². The second-order valence-corrected chi connectivity index (χ2v) is 9.24. The van der Waals surface area contributed by atoms with Crippen LogP contribution in [0.15, 0.2) is 41.4 Å². The lowest BCUT2D eigenvalue weighted by Crippen LogP contribution is -2.47. The van der Waals surface area contributed by atoms with Crippen molar-refractivity contribution in [2.24, 2.45) is 4.99 Å². The molecule has 0 aromatic heterocycles. The van der Waals surface area contributed by atoms with Gasteiger partial charge in [-0.25, -0.2) is 4.79 Å². The summed E-state index contributed by atoms with van der Waals surface area (Å²) < 4.78 is 11.3. The Morgan fingerprint density at radius 2 is 1.74 bits per heavy atom. The Morgan fingerprint density at radius 3 is 2.41 bits per heavy atom. The number of para-hydroxylation sites is 1. The fraction of sp³-hybridized carbons (Fsp3) is 0.464. The Balaban J connectivity index is 0.00000380. The van der Waals surface area contributed by atoms with Crippen molar-refractivity contribution in [3.63, 3.8) is 0 Å². The molecule has 0 bridgehead atoms. The van der Waals surface area contributed by atoms with E-state index in [0.29, 0.717) is 30.2 Å². The van der Waals surface area contributed by atoms with Crippen LogP contribution >= 0.6 is 24.8 Å². The van der Waals surface area contributed by atoms with Crippen LogP contribution in [0.1, 0.15) is 41.6 Å². The molecule has 39 heavy (non-hydrogen) atoms. The number of carbonyl (C=O) groups is 2. The zero-order valence-electron chi connectivity index (χ0n) is 23.0. The summed E-state index contributed by atoms with van der Waals surface area (Å²) in [6.07, 6.45) is 4.56. The van der Waals surface area contributed by atoms with E-state index in [-0.39, 0.29) is 47.9 Å². The molecule has 0 saturated carbocycles. The molecule has 0 N–H and O–H groups in total. The van der Waals surface area contributed by atoms with Gasteiger partial charge in [0, 0.05) is 39.6 Å². The second-order valence-electron chi connectivity index (χ2n) is 9.24. The molecule has 2 aromatic rings. The molecule has 1 heterocycles. The molecular weight excluding hydrogens is 543 g/mol. The third-order valence-electron chi connectivity index (χ3n) is 6.54. The molecule has 11 heteroatoms. The molecule has 1 fully saturated rings. The van der Waals surface area contributed by atoms with Crippen molar-refractivity contribution in [2.45, 2.75) is 32.6 Å². The zero-order chi connectivity index (χ0) is 26.8. The van der Waals surface area contributed by atoms with Crippen molar-refractivity contribution in [2.75, 3.05) is 58.9 Å². The van der Waals surface area contributed by atoms with Crippen LogP contribution < -0.4 is 14.4 Å². The molecule has 1 aliphatic rings. The standard InChI is InChI=1S/C28H36N4O5.2ClH/c1-21-12-13-23(31(3)28(35)22-9-8-10-24(36-4)27(22)29-20-33)25(19-21)37-18-7-5-6-11-26(34)32-16-14-30(2)15-17-32;;/h8-10,12-13,19H,5-7,11,14-18H2,1-4H3;2*1H. The summed E-state index contributed by atoms with van der Waals surface area (Å²) in [5.74, 6) is 0.775. The number of anilines is 1. The van der Waals surface area contributed by atoms with E-state index in [1.165, 1.54) is 18.1 Å². The van der Waals surface area contributed by atoms with Gasteiger partial charge in [-0.1, -0.05) is 12.1 Å². The molecule has 2 aromatic carbocycles. The van der Waals surface area contributed by atoms with Crippen molar-refractivity contribution in [1.82, 2.24) is 9.80 Å². The lowest BCUT2D eigenvalue weighted by molar-refractivity contribution is -0.132. The summed E-state index contributed by atoms with van der Waals surface area (Å²) in [7, 11) is 5.18. The van der Waals surface area contributed by atoms with Crippen LogP contribution in [0.3, 0.4) is 0 Å². The molecule has 214 valence electrons. The number of aryl methyl sites for hydroxylation is 1. The smallest absolute Gasteiger partial charge is 0.260 e. The van der Waals surface area contributed by atoms with E-state index in [1.807, 2.05) is 30.0 Å². The minimum Gasteiger partial charge on any atom is -0.494 e. The number of methoxy groups -OCH3 is 1. The maximum absolute atomic E-state index is 13.4. The number of rotatable bonds is 11. The molecule has 1 aliphatic heterocycles. The molecule has 9 nitrogen and oxygen atoms in total. The number of isocyanates is 1. The number of nitrogens with zero attached hydrogens (tertiary/aromatic N) is 4. The van der Waals surface area contributed by atoms with Crippen molar-refractivity contribution in [1.29, 1.82) is 0 Å². The summed E-state index contributed by atoms with van der Waals surface area (Å²) >= 11 is 0. The Morgan fingerprint density at radius 1 is 1.03 bits per heavy atom. The molecular formula is C28H38Cl2N4O5. The highest BCUT2D eigenvalue weighted by Gasteiger charge is 2.22. The predicted molar refractivity (Wildman–Crippen MR) is 157 cm³/mol. The number of piperazine rings is 1. The maximum atomic E-state index is 13.4. The number of hydrogen-bond donors (Lipinski definition) is 0. The Bertz CT molecular complexity index is 1150. The average molecular weight is 582 g/mol. The Hall–Kier alpha value is -3.10. The van der Waals surface area contributed by atoms with Gasteiger partial charge in [-0.2, -0.15) is 4.99 Å². The van der Waals surface area contributed by atoms with Crippen molar-refractivity contribution < 1.29 is 23.9 Å². The SMILES string of the molecule is COc1cccc(C(=O)N(C)c2ccc(C)cc2OCCCCCC(=O)N2CCN(C)CC2)c1N=C=O.Cl.Cl. The quantitative estimate of drug-likeness (QED) is 0.215. The summed E-state index contributed by atoms with van der Waals surface area (Å²) in [5, 5.41) is 0. The van der Waals surface area contributed by atoms with Crippen LogP contribution in [0, 0.1) is 6.92 Å². The molecule has 2 amide bonds.